The Labute approximate surface area is 128 Å². The van der Waals surface area contributed by atoms with Gasteiger partial charge in [0.1, 0.15) is 0 Å². The zero-order valence-corrected chi connectivity index (χ0v) is 13.4. The fourth-order valence-electron chi connectivity index (χ4n) is 3.36. The van der Waals surface area contributed by atoms with E-state index in [1.54, 1.807) is 0 Å². The first-order valence-electron chi connectivity index (χ1n) is 8.14. The van der Waals surface area contributed by atoms with E-state index in [1.165, 1.54) is 12.8 Å². The quantitative estimate of drug-likeness (QED) is 0.868. The Hall–Kier alpha value is -1.51. The van der Waals surface area contributed by atoms with Crippen molar-refractivity contribution in [1.29, 1.82) is 0 Å². The highest BCUT2D eigenvalue weighted by molar-refractivity contribution is 5.81. The van der Waals surface area contributed by atoms with Gasteiger partial charge in [0.25, 0.3) is 0 Å². The lowest BCUT2D eigenvalue weighted by Crippen LogP contribution is -2.47. The van der Waals surface area contributed by atoms with Crippen LogP contribution in [-0.2, 0) is 4.79 Å². The van der Waals surface area contributed by atoms with Crippen molar-refractivity contribution in [2.75, 3.05) is 11.9 Å². The van der Waals surface area contributed by atoms with Crippen LogP contribution >= 0.6 is 0 Å². The standard InChI is InChI=1S/C18H28N2O/c1-13(2)16-10-9-14(3)11-17(16)20-18(21)12-19-15-7-5-4-6-8-15/h4-8,13-14,16-17,19H,9-12H2,1-3H3,(H,20,21). The molecule has 116 valence electrons. The largest absolute Gasteiger partial charge is 0.376 e. The first kappa shape index (κ1) is 15.9. The van der Waals surface area contributed by atoms with Gasteiger partial charge in [-0.1, -0.05) is 45.4 Å². The van der Waals surface area contributed by atoms with Gasteiger partial charge in [-0.3, -0.25) is 4.79 Å². The lowest BCUT2D eigenvalue weighted by atomic mass is 9.74. The zero-order valence-electron chi connectivity index (χ0n) is 13.4. The third kappa shape index (κ3) is 4.76. The third-order valence-electron chi connectivity index (χ3n) is 4.60. The number of anilines is 1. The molecule has 0 aliphatic heterocycles. The number of amides is 1. The predicted octanol–water partition coefficient (Wildman–Crippen LogP) is 3.68. The lowest BCUT2D eigenvalue weighted by Gasteiger charge is -2.37. The van der Waals surface area contributed by atoms with E-state index in [0.717, 1.165) is 12.1 Å². The van der Waals surface area contributed by atoms with Gasteiger partial charge in [0.05, 0.1) is 6.54 Å². The molecule has 0 heterocycles. The van der Waals surface area contributed by atoms with Gasteiger partial charge in [0.2, 0.25) is 5.91 Å². The Morgan fingerprint density at radius 2 is 1.95 bits per heavy atom. The lowest BCUT2D eigenvalue weighted by molar-refractivity contribution is -0.121. The van der Waals surface area contributed by atoms with Gasteiger partial charge in [0.15, 0.2) is 0 Å². The number of nitrogens with one attached hydrogen (secondary N) is 2. The van der Waals surface area contributed by atoms with Crippen molar-refractivity contribution in [3.63, 3.8) is 0 Å². The van der Waals surface area contributed by atoms with Crippen LogP contribution in [-0.4, -0.2) is 18.5 Å². The van der Waals surface area contributed by atoms with Gasteiger partial charge < -0.3 is 10.6 Å². The molecule has 3 nitrogen and oxygen atoms in total. The molecule has 21 heavy (non-hydrogen) atoms. The Kier molecular flexibility index (Phi) is 5.66. The summed E-state index contributed by atoms with van der Waals surface area (Å²) in [4.78, 5) is 12.2. The molecule has 1 aromatic carbocycles. The van der Waals surface area contributed by atoms with Crippen molar-refractivity contribution in [2.24, 2.45) is 17.8 Å². The van der Waals surface area contributed by atoms with E-state index in [0.29, 0.717) is 30.3 Å². The Morgan fingerprint density at radius 1 is 1.24 bits per heavy atom. The first-order valence-corrected chi connectivity index (χ1v) is 8.14. The van der Waals surface area contributed by atoms with E-state index in [-0.39, 0.29) is 5.91 Å². The second-order valence-electron chi connectivity index (χ2n) is 6.72. The molecule has 0 aromatic heterocycles. The smallest absolute Gasteiger partial charge is 0.239 e. The highest BCUT2D eigenvalue weighted by Gasteiger charge is 2.31. The monoisotopic (exact) mass is 288 g/mol. The molecule has 1 aromatic rings. The van der Waals surface area contributed by atoms with Crippen molar-refractivity contribution in [3.05, 3.63) is 30.3 Å². The molecule has 3 heteroatoms. The highest BCUT2D eigenvalue weighted by Crippen LogP contribution is 2.33. The second kappa shape index (κ2) is 7.48. The molecule has 3 unspecified atom stereocenters. The summed E-state index contributed by atoms with van der Waals surface area (Å²) in [5.41, 5.74) is 0.991. The van der Waals surface area contributed by atoms with E-state index in [2.05, 4.69) is 31.4 Å². The van der Waals surface area contributed by atoms with E-state index in [1.807, 2.05) is 30.3 Å². The molecule has 3 atom stereocenters. The number of hydrogen-bond donors (Lipinski definition) is 2. The molecule has 1 amide bonds. The summed E-state index contributed by atoms with van der Waals surface area (Å²) >= 11 is 0. The van der Waals surface area contributed by atoms with Crippen LogP contribution in [0.25, 0.3) is 0 Å². The van der Waals surface area contributed by atoms with E-state index >= 15 is 0 Å². The number of benzene rings is 1. The van der Waals surface area contributed by atoms with Crippen LogP contribution < -0.4 is 10.6 Å². The van der Waals surface area contributed by atoms with Crippen LogP contribution in [0.3, 0.4) is 0 Å². The summed E-state index contributed by atoms with van der Waals surface area (Å²) in [5.74, 6) is 2.06. The minimum absolute atomic E-state index is 0.101. The van der Waals surface area contributed by atoms with E-state index in [4.69, 9.17) is 0 Å². The zero-order chi connectivity index (χ0) is 15.2. The Bertz CT molecular complexity index is 444. The van der Waals surface area contributed by atoms with Crippen LogP contribution in [0.4, 0.5) is 5.69 Å². The van der Waals surface area contributed by atoms with Gasteiger partial charge in [-0.2, -0.15) is 0 Å². The molecule has 1 aliphatic carbocycles. The fourth-order valence-corrected chi connectivity index (χ4v) is 3.36. The molecule has 2 N–H and O–H groups in total. The second-order valence-corrected chi connectivity index (χ2v) is 6.72. The summed E-state index contributed by atoms with van der Waals surface area (Å²) in [6.45, 7) is 7.17. The minimum Gasteiger partial charge on any atom is -0.376 e. The molecule has 1 saturated carbocycles. The summed E-state index contributed by atoms with van der Waals surface area (Å²) in [7, 11) is 0. The number of carbonyl (C=O) groups is 1. The fraction of sp³-hybridized carbons (Fsp3) is 0.611. The molecular formula is C18H28N2O. The Morgan fingerprint density at radius 3 is 2.62 bits per heavy atom. The van der Waals surface area contributed by atoms with Gasteiger partial charge >= 0.3 is 0 Å². The third-order valence-corrected chi connectivity index (χ3v) is 4.60. The van der Waals surface area contributed by atoms with Crippen LogP contribution in [0.2, 0.25) is 0 Å². The molecule has 1 aliphatic rings. The maximum absolute atomic E-state index is 12.2. The average molecular weight is 288 g/mol. The Balaban J connectivity index is 1.85. The molecule has 0 saturated heterocycles. The van der Waals surface area contributed by atoms with Crippen LogP contribution in [0.15, 0.2) is 30.3 Å². The topological polar surface area (TPSA) is 41.1 Å². The van der Waals surface area contributed by atoms with Crippen LogP contribution in [0, 0.1) is 17.8 Å². The van der Waals surface area contributed by atoms with Gasteiger partial charge in [-0.15, -0.1) is 0 Å². The number of hydrogen-bond acceptors (Lipinski definition) is 2. The van der Waals surface area contributed by atoms with Crippen molar-refractivity contribution >= 4 is 11.6 Å². The number of rotatable bonds is 5. The normalized spacial score (nSPS) is 25.6. The highest BCUT2D eigenvalue weighted by atomic mass is 16.2. The van der Waals surface area contributed by atoms with Crippen LogP contribution in [0.5, 0.6) is 0 Å². The van der Waals surface area contributed by atoms with Gasteiger partial charge in [0, 0.05) is 11.7 Å². The molecule has 1 fully saturated rings. The van der Waals surface area contributed by atoms with E-state index in [9.17, 15) is 4.79 Å². The van der Waals surface area contributed by atoms with Crippen LogP contribution in [0.1, 0.15) is 40.0 Å². The minimum atomic E-state index is 0.101. The molecule has 2 rings (SSSR count). The van der Waals surface area contributed by atoms with Gasteiger partial charge in [-0.05, 0) is 42.7 Å². The predicted molar refractivity (Wildman–Crippen MR) is 88.2 cm³/mol. The molecule has 0 bridgehead atoms. The molecular weight excluding hydrogens is 260 g/mol. The number of para-hydroxylation sites is 1. The maximum Gasteiger partial charge on any atom is 0.239 e. The van der Waals surface area contributed by atoms with E-state index < -0.39 is 0 Å². The SMILES string of the molecule is CC1CCC(C(C)C)C(NC(=O)CNc2ccccc2)C1. The van der Waals surface area contributed by atoms with Crippen molar-refractivity contribution in [3.8, 4) is 0 Å². The summed E-state index contributed by atoms with van der Waals surface area (Å²) in [5, 5.41) is 6.43. The molecule has 0 spiro atoms. The maximum atomic E-state index is 12.2. The summed E-state index contributed by atoms with van der Waals surface area (Å²) < 4.78 is 0. The first-order chi connectivity index (χ1) is 10.1. The van der Waals surface area contributed by atoms with Crippen molar-refractivity contribution < 1.29 is 4.79 Å². The van der Waals surface area contributed by atoms with Crippen molar-refractivity contribution in [1.82, 2.24) is 5.32 Å². The number of carbonyl (C=O) groups excluding carboxylic acids is 1. The van der Waals surface area contributed by atoms with Gasteiger partial charge in [-0.25, -0.2) is 0 Å². The summed E-state index contributed by atoms with van der Waals surface area (Å²) in [6.07, 6.45) is 3.63. The summed E-state index contributed by atoms with van der Waals surface area (Å²) in [6, 6.07) is 10.2. The van der Waals surface area contributed by atoms with Crippen molar-refractivity contribution in [2.45, 2.75) is 46.1 Å². The molecule has 0 radical (unpaired) electrons. The average Bonchev–Trinajstić information content (AvgIpc) is 2.46.